The van der Waals surface area contributed by atoms with Crippen LogP contribution in [0.4, 0.5) is 0 Å². The Morgan fingerprint density at radius 3 is 3.07 bits per heavy atom. The van der Waals surface area contributed by atoms with Gasteiger partial charge in [0.2, 0.25) is 0 Å². The zero-order valence-corrected chi connectivity index (χ0v) is 8.99. The third-order valence-corrected chi connectivity index (χ3v) is 2.93. The third-order valence-electron chi connectivity index (χ3n) is 2.93. The molecule has 0 radical (unpaired) electrons. The predicted molar refractivity (Wildman–Crippen MR) is 59.3 cm³/mol. The van der Waals surface area contributed by atoms with E-state index >= 15 is 0 Å². The SMILES string of the molecule is COc1ccc2c(c1)CCNC(CO)C2. The lowest BCUT2D eigenvalue weighted by Crippen LogP contribution is -2.33. The summed E-state index contributed by atoms with van der Waals surface area (Å²) in [5.74, 6) is 0.913. The van der Waals surface area contributed by atoms with Gasteiger partial charge in [-0.15, -0.1) is 0 Å². The van der Waals surface area contributed by atoms with Gasteiger partial charge in [0.1, 0.15) is 5.75 Å². The van der Waals surface area contributed by atoms with E-state index < -0.39 is 0 Å². The summed E-state index contributed by atoms with van der Waals surface area (Å²) in [4.78, 5) is 0. The lowest BCUT2D eigenvalue weighted by Gasteiger charge is -2.12. The fourth-order valence-electron chi connectivity index (χ4n) is 2.04. The van der Waals surface area contributed by atoms with Crippen LogP contribution >= 0.6 is 0 Å². The molecule has 0 amide bonds. The summed E-state index contributed by atoms with van der Waals surface area (Å²) in [5.41, 5.74) is 2.65. The summed E-state index contributed by atoms with van der Waals surface area (Å²) in [5, 5.41) is 12.5. The first-order chi connectivity index (χ1) is 7.33. The zero-order valence-electron chi connectivity index (χ0n) is 8.99. The van der Waals surface area contributed by atoms with Gasteiger partial charge in [-0.25, -0.2) is 0 Å². The van der Waals surface area contributed by atoms with Crippen LogP contribution in [0.25, 0.3) is 0 Å². The van der Waals surface area contributed by atoms with Gasteiger partial charge >= 0.3 is 0 Å². The Labute approximate surface area is 90.1 Å². The lowest BCUT2D eigenvalue weighted by atomic mass is 10.0. The van der Waals surface area contributed by atoms with E-state index in [4.69, 9.17) is 9.84 Å². The Morgan fingerprint density at radius 1 is 1.47 bits per heavy atom. The molecule has 2 rings (SSSR count). The molecule has 1 heterocycles. The predicted octanol–water partition coefficient (Wildman–Crippen LogP) is 0.744. The van der Waals surface area contributed by atoms with E-state index in [-0.39, 0.29) is 12.6 Å². The topological polar surface area (TPSA) is 41.5 Å². The molecule has 0 aromatic heterocycles. The van der Waals surface area contributed by atoms with Crippen molar-refractivity contribution in [1.82, 2.24) is 5.32 Å². The van der Waals surface area contributed by atoms with E-state index in [0.717, 1.165) is 25.1 Å². The molecule has 0 bridgehead atoms. The monoisotopic (exact) mass is 207 g/mol. The van der Waals surface area contributed by atoms with E-state index in [0.29, 0.717) is 0 Å². The Hall–Kier alpha value is -1.06. The molecule has 1 aromatic carbocycles. The molecule has 82 valence electrons. The summed E-state index contributed by atoms with van der Waals surface area (Å²) in [6, 6.07) is 6.37. The molecule has 1 aliphatic heterocycles. The molecule has 15 heavy (non-hydrogen) atoms. The summed E-state index contributed by atoms with van der Waals surface area (Å²) >= 11 is 0. The van der Waals surface area contributed by atoms with Gasteiger partial charge in [-0.1, -0.05) is 6.07 Å². The van der Waals surface area contributed by atoms with Crippen molar-refractivity contribution in [2.75, 3.05) is 20.3 Å². The van der Waals surface area contributed by atoms with Crippen LogP contribution in [0.1, 0.15) is 11.1 Å². The maximum Gasteiger partial charge on any atom is 0.119 e. The average Bonchev–Trinajstić information content (AvgIpc) is 2.49. The molecule has 0 spiro atoms. The number of fused-ring (bicyclic) bond motifs is 1. The third kappa shape index (κ3) is 2.30. The van der Waals surface area contributed by atoms with E-state index in [2.05, 4.69) is 17.4 Å². The highest BCUT2D eigenvalue weighted by Crippen LogP contribution is 2.21. The van der Waals surface area contributed by atoms with Crippen molar-refractivity contribution in [3.05, 3.63) is 29.3 Å². The largest absolute Gasteiger partial charge is 0.497 e. The smallest absolute Gasteiger partial charge is 0.119 e. The summed E-state index contributed by atoms with van der Waals surface area (Å²) in [6.07, 6.45) is 1.90. The number of benzene rings is 1. The van der Waals surface area contributed by atoms with Gasteiger partial charge in [-0.05, 0) is 42.6 Å². The highest BCUT2D eigenvalue weighted by molar-refractivity contribution is 5.37. The van der Waals surface area contributed by atoms with Crippen LogP contribution < -0.4 is 10.1 Å². The minimum absolute atomic E-state index is 0.194. The number of hydrogen-bond acceptors (Lipinski definition) is 3. The minimum atomic E-state index is 0.194. The van der Waals surface area contributed by atoms with Gasteiger partial charge in [-0.3, -0.25) is 0 Å². The first-order valence-corrected chi connectivity index (χ1v) is 5.33. The number of ether oxygens (including phenoxy) is 1. The number of aliphatic hydroxyl groups excluding tert-OH is 1. The van der Waals surface area contributed by atoms with E-state index in [1.807, 2.05) is 6.07 Å². The van der Waals surface area contributed by atoms with Crippen LogP contribution in [0.5, 0.6) is 5.75 Å². The highest BCUT2D eigenvalue weighted by atomic mass is 16.5. The summed E-state index contributed by atoms with van der Waals surface area (Å²) in [6.45, 7) is 1.12. The summed E-state index contributed by atoms with van der Waals surface area (Å²) < 4.78 is 5.20. The molecule has 2 N–H and O–H groups in total. The van der Waals surface area contributed by atoms with Crippen molar-refractivity contribution in [3.63, 3.8) is 0 Å². The second-order valence-electron chi connectivity index (χ2n) is 3.92. The molecule has 1 atom stereocenters. The number of hydrogen-bond donors (Lipinski definition) is 2. The molecule has 1 aliphatic rings. The van der Waals surface area contributed by atoms with Crippen LogP contribution in [0.15, 0.2) is 18.2 Å². The Bertz CT molecular complexity index is 338. The molecule has 1 aromatic rings. The zero-order chi connectivity index (χ0) is 10.7. The first-order valence-electron chi connectivity index (χ1n) is 5.33. The Morgan fingerprint density at radius 2 is 2.33 bits per heavy atom. The second-order valence-corrected chi connectivity index (χ2v) is 3.92. The standard InChI is InChI=1S/C12H17NO2/c1-15-12-3-2-9-6-11(8-14)13-5-4-10(9)7-12/h2-3,7,11,13-14H,4-6,8H2,1H3. The van der Waals surface area contributed by atoms with Gasteiger partial charge in [0, 0.05) is 6.04 Å². The maximum atomic E-state index is 9.16. The molecule has 3 heteroatoms. The van der Waals surface area contributed by atoms with Gasteiger partial charge in [0.15, 0.2) is 0 Å². The lowest BCUT2D eigenvalue weighted by molar-refractivity contribution is 0.244. The van der Waals surface area contributed by atoms with Crippen molar-refractivity contribution >= 4 is 0 Å². The quantitative estimate of drug-likeness (QED) is 0.751. The van der Waals surface area contributed by atoms with Crippen molar-refractivity contribution in [3.8, 4) is 5.75 Å². The molecule has 0 fully saturated rings. The van der Waals surface area contributed by atoms with Crippen molar-refractivity contribution in [1.29, 1.82) is 0 Å². The van der Waals surface area contributed by atoms with Crippen LogP contribution in [-0.2, 0) is 12.8 Å². The van der Waals surface area contributed by atoms with E-state index in [1.54, 1.807) is 7.11 Å². The average molecular weight is 207 g/mol. The highest BCUT2D eigenvalue weighted by Gasteiger charge is 2.15. The minimum Gasteiger partial charge on any atom is -0.497 e. The van der Waals surface area contributed by atoms with E-state index in [9.17, 15) is 0 Å². The van der Waals surface area contributed by atoms with Gasteiger partial charge in [0.25, 0.3) is 0 Å². The molecule has 0 aliphatic carbocycles. The van der Waals surface area contributed by atoms with E-state index in [1.165, 1.54) is 11.1 Å². The summed E-state index contributed by atoms with van der Waals surface area (Å²) in [7, 11) is 1.69. The second kappa shape index (κ2) is 4.64. The first kappa shape index (κ1) is 10.5. The Balaban J connectivity index is 2.25. The van der Waals surface area contributed by atoms with Gasteiger partial charge in [-0.2, -0.15) is 0 Å². The van der Waals surface area contributed by atoms with Crippen LogP contribution in [-0.4, -0.2) is 31.4 Å². The van der Waals surface area contributed by atoms with Gasteiger partial charge < -0.3 is 15.2 Å². The normalized spacial score (nSPS) is 20.5. The van der Waals surface area contributed by atoms with Crippen LogP contribution in [0, 0.1) is 0 Å². The Kier molecular flexibility index (Phi) is 3.23. The number of methoxy groups -OCH3 is 1. The maximum absolute atomic E-state index is 9.16. The molecule has 0 saturated carbocycles. The van der Waals surface area contributed by atoms with Crippen molar-refractivity contribution in [2.24, 2.45) is 0 Å². The van der Waals surface area contributed by atoms with Crippen molar-refractivity contribution < 1.29 is 9.84 Å². The number of aliphatic hydroxyl groups is 1. The fraction of sp³-hybridized carbons (Fsp3) is 0.500. The fourth-order valence-corrected chi connectivity index (χ4v) is 2.04. The van der Waals surface area contributed by atoms with Crippen LogP contribution in [0.2, 0.25) is 0 Å². The molecule has 0 saturated heterocycles. The molecular formula is C12H17NO2. The molecule has 1 unspecified atom stereocenters. The molecule has 3 nitrogen and oxygen atoms in total. The number of nitrogens with one attached hydrogen (secondary N) is 1. The van der Waals surface area contributed by atoms with Gasteiger partial charge in [0.05, 0.1) is 13.7 Å². The van der Waals surface area contributed by atoms with Crippen molar-refractivity contribution in [2.45, 2.75) is 18.9 Å². The van der Waals surface area contributed by atoms with Crippen LogP contribution in [0.3, 0.4) is 0 Å². The molecular weight excluding hydrogens is 190 g/mol. The number of rotatable bonds is 2.